The summed E-state index contributed by atoms with van der Waals surface area (Å²) in [6.07, 6.45) is 5.78. The SMILES string of the molecule is CC(C)n1ccc(CNC2CCCc3ccccc32)n1. The number of aryl methyl sites for hydroxylation is 1. The van der Waals surface area contributed by atoms with Crippen molar-refractivity contribution in [2.45, 2.75) is 51.7 Å². The molecule has 3 rings (SSSR count). The lowest BCUT2D eigenvalue weighted by molar-refractivity contribution is 0.450. The molecule has 0 amide bonds. The number of nitrogens with one attached hydrogen (secondary N) is 1. The van der Waals surface area contributed by atoms with E-state index in [1.54, 1.807) is 0 Å². The fourth-order valence-electron chi connectivity index (χ4n) is 2.95. The zero-order valence-electron chi connectivity index (χ0n) is 12.3. The molecule has 20 heavy (non-hydrogen) atoms. The number of fused-ring (bicyclic) bond motifs is 1. The zero-order valence-corrected chi connectivity index (χ0v) is 12.3. The Balaban J connectivity index is 1.67. The van der Waals surface area contributed by atoms with Gasteiger partial charge in [0.25, 0.3) is 0 Å². The number of aromatic nitrogens is 2. The van der Waals surface area contributed by atoms with E-state index < -0.39 is 0 Å². The first kappa shape index (κ1) is 13.4. The number of hydrogen-bond donors (Lipinski definition) is 1. The van der Waals surface area contributed by atoms with E-state index >= 15 is 0 Å². The van der Waals surface area contributed by atoms with Gasteiger partial charge in [0, 0.05) is 24.8 Å². The van der Waals surface area contributed by atoms with Gasteiger partial charge in [-0.15, -0.1) is 0 Å². The Morgan fingerprint density at radius 1 is 1.30 bits per heavy atom. The van der Waals surface area contributed by atoms with E-state index in [1.165, 1.54) is 30.4 Å². The summed E-state index contributed by atoms with van der Waals surface area (Å²) in [5.41, 5.74) is 4.10. The van der Waals surface area contributed by atoms with Crippen molar-refractivity contribution in [1.29, 1.82) is 0 Å². The maximum atomic E-state index is 4.60. The number of rotatable bonds is 4. The van der Waals surface area contributed by atoms with Crippen molar-refractivity contribution in [2.75, 3.05) is 0 Å². The largest absolute Gasteiger partial charge is 0.304 e. The van der Waals surface area contributed by atoms with Crippen molar-refractivity contribution in [1.82, 2.24) is 15.1 Å². The van der Waals surface area contributed by atoms with Crippen molar-refractivity contribution in [2.24, 2.45) is 0 Å². The Kier molecular flexibility index (Phi) is 3.88. The molecule has 1 aromatic heterocycles. The minimum Gasteiger partial charge on any atom is -0.304 e. The van der Waals surface area contributed by atoms with Gasteiger partial charge < -0.3 is 5.32 Å². The Morgan fingerprint density at radius 2 is 2.15 bits per heavy atom. The maximum Gasteiger partial charge on any atom is 0.0762 e. The predicted octanol–water partition coefficient (Wildman–Crippen LogP) is 3.63. The lowest BCUT2D eigenvalue weighted by Gasteiger charge is -2.26. The van der Waals surface area contributed by atoms with Crippen LogP contribution in [0.25, 0.3) is 0 Å². The average Bonchev–Trinajstić information content (AvgIpc) is 2.94. The summed E-state index contributed by atoms with van der Waals surface area (Å²) in [6, 6.07) is 11.8. The van der Waals surface area contributed by atoms with Crippen LogP contribution in [-0.2, 0) is 13.0 Å². The highest BCUT2D eigenvalue weighted by Gasteiger charge is 2.19. The summed E-state index contributed by atoms with van der Waals surface area (Å²) in [6.45, 7) is 5.15. The monoisotopic (exact) mass is 269 g/mol. The van der Waals surface area contributed by atoms with E-state index in [4.69, 9.17) is 0 Å². The van der Waals surface area contributed by atoms with Crippen LogP contribution in [0.2, 0.25) is 0 Å². The van der Waals surface area contributed by atoms with E-state index in [0.29, 0.717) is 12.1 Å². The van der Waals surface area contributed by atoms with Gasteiger partial charge in [-0.2, -0.15) is 5.10 Å². The molecule has 106 valence electrons. The van der Waals surface area contributed by atoms with Crippen molar-refractivity contribution in [3.63, 3.8) is 0 Å². The van der Waals surface area contributed by atoms with E-state index in [2.05, 4.69) is 60.8 Å². The van der Waals surface area contributed by atoms with Crippen LogP contribution in [0.5, 0.6) is 0 Å². The molecule has 1 aliphatic rings. The van der Waals surface area contributed by atoms with Gasteiger partial charge in [0.2, 0.25) is 0 Å². The van der Waals surface area contributed by atoms with E-state index in [1.807, 2.05) is 4.68 Å². The molecule has 1 atom stereocenters. The molecular formula is C17H23N3. The molecule has 2 aromatic rings. The minimum atomic E-state index is 0.430. The summed E-state index contributed by atoms with van der Waals surface area (Å²) in [4.78, 5) is 0. The molecule has 1 N–H and O–H groups in total. The third kappa shape index (κ3) is 2.78. The van der Waals surface area contributed by atoms with E-state index in [9.17, 15) is 0 Å². The van der Waals surface area contributed by atoms with Gasteiger partial charge in [-0.3, -0.25) is 4.68 Å². The van der Waals surface area contributed by atoms with Crippen molar-refractivity contribution in [3.8, 4) is 0 Å². The second-order valence-electron chi connectivity index (χ2n) is 5.91. The van der Waals surface area contributed by atoms with Crippen LogP contribution in [0.4, 0.5) is 0 Å². The van der Waals surface area contributed by atoms with Crippen molar-refractivity contribution in [3.05, 3.63) is 53.3 Å². The summed E-state index contributed by atoms with van der Waals surface area (Å²) in [7, 11) is 0. The van der Waals surface area contributed by atoms with Crippen LogP contribution in [0.1, 0.15) is 55.6 Å². The van der Waals surface area contributed by atoms with Gasteiger partial charge in [0.1, 0.15) is 0 Å². The van der Waals surface area contributed by atoms with Crippen molar-refractivity contribution < 1.29 is 0 Å². The summed E-state index contributed by atoms with van der Waals surface area (Å²) in [5, 5.41) is 8.27. The summed E-state index contributed by atoms with van der Waals surface area (Å²) in [5.74, 6) is 0. The van der Waals surface area contributed by atoms with Gasteiger partial charge in [0.15, 0.2) is 0 Å². The van der Waals surface area contributed by atoms with Crippen LogP contribution in [0.3, 0.4) is 0 Å². The van der Waals surface area contributed by atoms with Crippen LogP contribution in [0.15, 0.2) is 36.5 Å². The lowest BCUT2D eigenvalue weighted by Crippen LogP contribution is -2.25. The second-order valence-corrected chi connectivity index (χ2v) is 5.91. The van der Waals surface area contributed by atoms with Crippen molar-refractivity contribution >= 4 is 0 Å². The quantitative estimate of drug-likeness (QED) is 0.918. The molecule has 0 bridgehead atoms. The smallest absolute Gasteiger partial charge is 0.0762 e. The average molecular weight is 269 g/mol. The molecule has 0 saturated carbocycles. The highest BCUT2D eigenvalue weighted by atomic mass is 15.3. The Bertz CT molecular complexity index is 571. The first-order valence-electron chi connectivity index (χ1n) is 7.59. The Hall–Kier alpha value is -1.61. The molecule has 0 radical (unpaired) electrons. The third-order valence-corrected chi connectivity index (χ3v) is 4.09. The fourth-order valence-corrected chi connectivity index (χ4v) is 2.95. The number of nitrogens with zero attached hydrogens (tertiary/aromatic N) is 2. The Labute approximate surface area is 121 Å². The molecule has 1 aliphatic carbocycles. The van der Waals surface area contributed by atoms with Gasteiger partial charge in [-0.05, 0) is 50.3 Å². The number of hydrogen-bond acceptors (Lipinski definition) is 2. The highest BCUT2D eigenvalue weighted by molar-refractivity contribution is 5.32. The maximum absolute atomic E-state index is 4.60. The van der Waals surface area contributed by atoms with Crippen LogP contribution in [-0.4, -0.2) is 9.78 Å². The Morgan fingerprint density at radius 3 is 2.95 bits per heavy atom. The molecule has 1 unspecified atom stereocenters. The van der Waals surface area contributed by atoms with Crippen LogP contribution >= 0.6 is 0 Å². The van der Waals surface area contributed by atoms with E-state index in [0.717, 1.165) is 12.2 Å². The minimum absolute atomic E-state index is 0.430. The molecule has 0 aliphatic heterocycles. The van der Waals surface area contributed by atoms with Gasteiger partial charge in [-0.1, -0.05) is 24.3 Å². The molecule has 3 nitrogen and oxygen atoms in total. The second kappa shape index (κ2) is 5.80. The normalized spacial score (nSPS) is 18.2. The van der Waals surface area contributed by atoms with Gasteiger partial charge in [0.05, 0.1) is 5.69 Å². The molecule has 0 spiro atoms. The van der Waals surface area contributed by atoms with E-state index in [-0.39, 0.29) is 0 Å². The van der Waals surface area contributed by atoms with Crippen LogP contribution < -0.4 is 5.32 Å². The number of benzene rings is 1. The van der Waals surface area contributed by atoms with Crippen LogP contribution in [0, 0.1) is 0 Å². The zero-order chi connectivity index (χ0) is 13.9. The molecule has 0 saturated heterocycles. The molecular weight excluding hydrogens is 246 g/mol. The molecule has 1 aromatic carbocycles. The highest BCUT2D eigenvalue weighted by Crippen LogP contribution is 2.29. The lowest BCUT2D eigenvalue weighted by atomic mass is 9.88. The summed E-state index contributed by atoms with van der Waals surface area (Å²) < 4.78 is 2.02. The molecule has 1 heterocycles. The molecule has 0 fully saturated rings. The van der Waals surface area contributed by atoms with Gasteiger partial charge >= 0.3 is 0 Å². The summed E-state index contributed by atoms with van der Waals surface area (Å²) >= 11 is 0. The fraction of sp³-hybridized carbons (Fsp3) is 0.471. The first-order valence-corrected chi connectivity index (χ1v) is 7.59. The topological polar surface area (TPSA) is 29.9 Å². The standard InChI is InChI=1S/C17H23N3/c1-13(2)20-11-10-15(19-20)12-18-17-9-5-7-14-6-3-4-8-16(14)17/h3-4,6,8,10-11,13,17-18H,5,7,9,12H2,1-2H3. The molecule has 3 heteroatoms. The first-order chi connectivity index (χ1) is 9.74. The van der Waals surface area contributed by atoms with Gasteiger partial charge in [-0.25, -0.2) is 0 Å². The predicted molar refractivity (Wildman–Crippen MR) is 81.6 cm³/mol. The third-order valence-electron chi connectivity index (χ3n) is 4.09.